The predicted octanol–water partition coefficient (Wildman–Crippen LogP) is 7.22. The third-order valence-electron chi connectivity index (χ3n) is 7.62. The lowest BCUT2D eigenvalue weighted by Crippen LogP contribution is -2.25. The van der Waals surface area contributed by atoms with Gasteiger partial charge >= 0.3 is 0 Å². The van der Waals surface area contributed by atoms with Gasteiger partial charge in [0.2, 0.25) is 0 Å². The van der Waals surface area contributed by atoms with E-state index in [0.29, 0.717) is 5.92 Å². The van der Waals surface area contributed by atoms with Crippen LogP contribution in [0, 0.1) is 13.6 Å². The van der Waals surface area contributed by atoms with E-state index >= 15 is 0 Å². The molecular formula is C32H26N2. The van der Waals surface area contributed by atoms with Crippen LogP contribution < -0.4 is 8.64 Å². The number of hydrogen-bond donors (Lipinski definition) is 0. The molecule has 0 fully saturated rings. The first-order valence-electron chi connectivity index (χ1n) is 12.0. The largest absolute Gasteiger partial charge is 0.266 e. The summed E-state index contributed by atoms with van der Waals surface area (Å²) < 4.78 is 4.53. The van der Waals surface area contributed by atoms with Gasteiger partial charge in [0.25, 0.3) is 0 Å². The van der Waals surface area contributed by atoms with E-state index in [1.807, 2.05) is 0 Å². The van der Waals surface area contributed by atoms with Gasteiger partial charge in [-0.2, -0.15) is 0 Å². The number of aromatic nitrogens is 2. The predicted molar refractivity (Wildman–Crippen MR) is 142 cm³/mol. The maximum Gasteiger partial charge on any atom is 0.166 e. The minimum Gasteiger partial charge on any atom is -0.266 e. The summed E-state index contributed by atoms with van der Waals surface area (Å²) in [6, 6.07) is 28.9. The monoisotopic (exact) mass is 438 g/mol. The Hall–Kier alpha value is -4.04. The molecular weight excluding hydrogens is 412 g/mol. The molecule has 0 unspecified atom stereocenters. The Morgan fingerprint density at radius 3 is 2.24 bits per heavy atom. The van der Waals surface area contributed by atoms with Crippen molar-refractivity contribution >= 4 is 48.9 Å². The maximum absolute atomic E-state index is 4.46. The second-order valence-corrected chi connectivity index (χ2v) is 9.79. The molecule has 0 atom stereocenters. The Labute approximate surface area is 198 Å². The topological polar surface area (TPSA) is 10.0 Å². The Balaban J connectivity index is 1.76. The maximum atomic E-state index is 4.46. The molecule has 0 aliphatic heterocycles. The number of hydrogen-bond acceptors (Lipinski definition) is 0. The van der Waals surface area contributed by atoms with Crippen LogP contribution in [0.5, 0.6) is 0 Å². The molecule has 7 rings (SSSR count). The molecule has 0 radical (unpaired) electrons. The Bertz CT molecular complexity index is 1960. The normalized spacial score (nSPS) is 12.4. The van der Waals surface area contributed by atoms with Crippen molar-refractivity contribution in [3.05, 3.63) is 103 Å². The van der Waals surface area contributed by atoms with Crippen LogP contribution in [0.4, 0.5) is 0 Å². The van der Waals surface area contributed by atoms with Gasteiger partial charge in [-0.1, -0.05) is 104 Å². The summed E-state index contributed by atoms with van der Waals surface area (Å²) in [5, 5.41) is 7.85. The van der Waals surface area contributed by atoms with Gasteiger partial charge in [0, 0.05) is 10.8 Å². The van der Waals surface area contributed by atoms with Crippen LogP contribution in [0.25, 0.3) is 60.1 Å². The molecule has 0 bridgehead atoms. The Morgan fingerprint density at radius 1 is 0.765 bits per heavy atom. The zero-order valence-corrected chi connectivity index (χ0v) is 19.8. The summed E-state index contributed by atoms with van der Waals surface area (Å²) in [7, 11) is 0. The first-order chi connectivity index (χ1) is 16.6. The minimum atomic E-state index is 0.426. The fraction of sp³-hybridized carbons (Fsp3) is 0.125. The van der Waals surface area contributed by atoms with Crippen LogP contribution in [-0.2, 0) is 0 Å². The van der Waals surface area contributed by atoms with E-state index in [4.69, 9.17) is 0 Å². The lowest BCUT2D eigenvalue weighted by Gasteiger charge is -2.20. The SMILES string of the molecule is C=[n+]1ccc2c3cccc4c5ccccc5[n+](c43)[c-]2[c-]1-c1cc(C(C)C)c2ccccc2c1C. The van der Waals surface area contributed by atoms with Gasteiger partial charge in [0.05, 0.1) is 12.9 Å². The lowest BCUT2D eigenvalue weighted by atomic mass is 9.88. The number of pyridine rings is 1. The van der Waals surface area contributed by atoms with Crippen LogP contribution in [0.3, 0.4) is 0 Å². The minimum absolute atomic E-state index is 0.426. The third-order valence-corrected chi connectivity index (χ3v) is 7.62. The van der Waals surface area contributed by atoms with Crippen molar-refractivity contribution in [3.8, 4) is 11.3 Å². The number of rotatable bonds is 2. The van der Waals surface area contributed by atoms with Gasteiger partial charge in [-0.25, -0.2) is 4.40 Å². The molecule has 0 spiro atoms. The standard InChI is InChI=1S/C32H26N2/c1-19(2)27-18-28(20(3)21-10-5-6-11-22(21)27)31-32-26(16-17-33(31)4)25-14-9-13-24-23-12-7-8-15-29(23)34(32)30(24)25/h5-19H,4H2,1-3H3. The number of nitrogens with zero attached hydrogens (tertiary/aromatic N) is 2. The zero-order chi connectivity index (χ0) is 23.1. The van der Waals surface area contributed by atoms with Gasteiger partial charge in [-0.15, -0.1) is 11.6 Å². The van der Waals surface area contributed by atoms with E-state index in [1.54, 1.807) is 0 Å². The summed E-state index contributed by atoms with van der Waals surface area (Å²) >= 11 is 0. The van der Waals surface area contributed by atoms with Crippen LogP contribution in [-0.4, -0.2) is 0 Å². The average Bonchev–Trinajstić information content (AvgIpc) is 3.37. The van der Waals surface area contributed by atoms with Crippen molar-refractivity contribution in [1.82, 2.24) is 0 Å². The fourth-order valence-electron chi connectivity index (χ4n) is 6.05. The highest BCUT2D eigenvalue weighted by molar-refractivity contribution is 6.19. The smallest absolute Gasteiger partial charge is 0.166 e. The van der Waals surface area contributed by atoms with Gasteiger partial charge in [-0.3, -0.25) is 4.24 Å². The molecule has 0 amide bonds. The molecule has 0 aliphatic rings. The molecule has 164 valence electrons. The zero-order valence-electron chi connectivity index (χ0n) is 19.8. The van der Waals surface area contributed by atoms with Crippen LogP contribution >= 0.6 is 0 Å². The van der Waals surface area contributed by atoms with E-state index in [1.165, 1.54) is 71.3 Å². The molecule has 0 saturated carbocycles. The summed E-state index contributed by atoms with van der Waals surface area (Å²) in [4.78, 5) is 0. The number of aryl methyl sites for hydroxylation is 1. The Morgan fingerprint density at radius 2 is 1.44 bits per heavy atom. The molecule has 3 heterocycles. The highest BCUT2D eigenvalue weighted by Crippen LogP contribution is 2.39. The van der Waals surface area contributed by atoms with Crippen molar-refractivity contribution < 1.29 is 8.64 Å². The van der Waals surface area contributed by atoms with E-state index in [2.05, 4.69) is 121 Å². The first kappa shape index (κ1) is 19.4. The lowest BCUT2D eigenvalue weighted by molar-refractivity contribution is -0.497. The van der Waals surface area contributed by atoms with Gasteiger partial charge in [-0.05, 0) is 28.1 Å². The van der Waals surface area contributed by atoms with Crippen molar-refractivity contribution in [2.24, 2.45) is 0 Å². The summed E-state index contributed by atoms with van der Waals surface area (Å²) in [5.41, 5.74) is 8.89. The molecule has 3 aromatic heterocycles. The average molecular weight is 439 g/mol. The third kappa shape index (κ3) is 2.35. The van der Waals surface area contributed by atoms with Crippen LogP contribution in [0.15, 0.2) is 85.1 Å². The molecule has 0 saturated heterocycles. The summed E-state index contributed by atoms with van der Waals surface area (Å²) in [6.45, 7) is 11.3. The highest BCUT2D eigenvalue weighted by atomic mass is 14.9. The van der Waals surface area contributed by atoms with Gasteiger partial charge < -0.3 is 0 Å². The van der Waals surface area contributed by atoms with E-state index < -0.39 is 0 Å². The van der Waals surface area contributed by atoms with Crippen molar-refractivity contribution in [2.75, 3.05) is 0 Å². The number of para-hydroxylation sites is 2. The molecule has 4 aromatic carbocycles. The quantitative estimate of drug-likeness (QED) is 0.199. The van der Waals surface area contributed by atoms with Crippen molar-refractivity contribution in [1.29, 1.82) is 0 Å². The van der Waals surface area contributed by atoms with Crippen molar-refractivity contribution in [3.63, 3.8) is 0 Å². The highest BCUT2D eigenvalue weighted by Gasteiger charge is 2.24. The molecule has 2 nitrogen and oxygen atoms in total. The molecule has 7 aromatic rings. The number of fused-ring (bicyclic) bond motifs is 7. The van der Waals surface area contributed by atoms with Crippen LogP contribution in [0.1, 0.15) is 30.9 Å². The number of benzene rings is 4. The van der Waals surface area contributed by atoms with Gasteiger partial charge in [0.1, 0.15) is 5.52 Å². The fourth-order valence-corrected chi connectivity index (χ4v) is 6.05. The van der Waals surface area contributed by atoms with E-state index in [0.717, 1.165) is 0 Å². The van der Waals surface area contributed by atoms with E-state index in [-0.39, 0.29) is 0 Å². The summed E-state index contributed by atoms with van der Waals surface area (Å²) in [6.07, 6.45) is 2.12. The first-order valence-corrected chi connectivity index (χ1v) is 12.0. The second-order valence-electron chi connectivity index (χ2n) is 9.79. The van der Waals surface area contributed by atoms with Crippen molar-refractivity contribution in [2.45, 2.75) is 26.7 Å². The molecule has 34 heavy (non-hydrogen) atoms. The van der Waals surface area contributed by atoms with Gasteiger partial charge in [0.15, 0.2) is 16.7 Å². The molecule has 0 N–H and O–H groups in total. The summed E-state index contributed by atoms with van der Waals surface area (Å²) in [5.74, 6) is 0.426. The Kier molecular flexibility index (Phi) is 3.85. The molecule has 2 heteroatoms. The second kappa shape index (κ2) is 6.74. The molecule has 0 aliphatic carbocycles. The van der Waals surface area contributed by atoms with E-state index in [9.17, 15) is 0 Å². The van der Waals surface area contributed by atoms with Crippen LogP contribution in [0.2, 0.25) is 0 Å².